The van der Waals surface area contributed by atoms with Gasteiger partial charge in [-0.15, -0.1) is 0 Å². The standard InChI is InChI=1S/C17H22N4O3/c1-4-24-16(22)13-7-5-6-8-14(13)20-15-11-12(2)19-17(21-15)18-9-10-23-3/h5-8,11H,4,9-10H2,1-3H3,(H2,18,19,20,21). The fourth-order valence-corrected chi connectivity index (χ4v) is 2.09. The van der Waals surface area contributed by atoms with Crippen molar-refractivity contribution in [2.45, 2.75) is 13.8 Å². The summed E-state index contributed by atoms with van der Waals surface area (Å²) in [4.78, 5) is 20.8. The smallest absolute Gasteiger partial charge is 0.340 e. The summed E-state index contributed by atoms with van der Waals surface area (Å²) in [5.41, 5.74) is 1.91. The second-order valence-electron chi connectivity index (χ2n) is 5.03. The van der Waals surface area contributed by atoms with E-state index in [1.54, 1.807) is 26.2 Å². The van der Waals surface area contributed by atoms with Gasteiger partial charge in [0.25, 0.3) is 0 Å². The van der Waals surface area contributed by atoms with Gasteiger partial charge in [-0.2, -0.15) is 4.98 Å². The quantitative estimate of drug-likeness (QED) is 0.568. The van der Waals surface area contributed by atoms with E-state index in [1.807, 2.05) is 25.1 Å². The molecule has 0 spiro atoms. The lowest BCUT2D eigenvalue weighted by Crippen LogP contribution is -2.12. The number of nitrogens with one attached hydrogen (secondary N) is 2. The number of benzene rings is 1. The van der Waals surface area contributed by atoms with Crippen LogP contribution in [0.5, 0.6) is 0 Å². The summed E-state index contributed by atoms with van der Waals surface area (Å²) >= 11 is 0. The second-order valence-corrected chi connectivity index (χ2v) is 5.03. The molecule has 24 heavy (non-hydrogen) atoms. The number of ether oxygens (including phenoxy) is 2. The minimum absolute atomic E-state index is 0.327. The molecule has 2 aromatic rings. The van der Waals surface area contributed by atoms with E-state index < -0.39 is 0 Å². The van der Waals surface area contributed by atoms with Gasteiger partial charge in [0.1, 0.15) is 5.82 Å². The summed E-state index contributed by atoms with van der Waals surface area (Å²) in [6, 6.07) is 8.97. The van der Waals surface area contributed by atoms with Gasteiger partial charge >= 0.3 is 5.97 Å². The minimum Gasteiger partial charge on any atom is -0.462 e. The number of aromatic nitrogens is 2. The largest absolute Gasteiger partial charge is 0.462 e. The molecule has 0 radical (unpaired) electrons. The Morgan fingerprint density at radius 1 is 1.25 bits per heavy atom. The van der Waals surface area contributed by atoms with Gasteiger partial charge in [-0.1, -0.05) is 12.1 Å². The van der Waals surface area contributed by atoms with Crippen molar-refractivity contribution in [3.8, 4) is 0 Å². The van der Waals surface area contributed by atoms with Crippen LogP contribution in [0.3, 0.4) is 0 Å². The van der Waals surface area contributed by atoms with Crippen LogP contribution in [0, 0.1) is 6.92 Å². The molecule has 2 rings (SSSR count). The van der Waals surface area contributed by atoms with Crippen molar-refractivity contribution in [1.82, 2.24) is 9.97 Å². The lowest BCUT2D eigenvalue weighted by molar-refractivity contribution is 0.0527. The third-order valence-electron chi connectivity index (χ3n) is 3.13. The van der Waals surface area contributed by atoms with E-state index in [-0.39, 0.29) is 5.97 Å². The lowest BCUT2D eigenvalue weighted by atomic mass is 10.2. The second kappa shape index (κ2) is 8.83. The van der Waals surface area contributed by atoms with E-state index in [2.05, 4.69) is 20.6 Å². The van der Waals surface area contributed by atoms with Crippen LogP contribution in [0.15, 0.2) is 30.3 Å². The summed E-state index contributed by atoms with van der Waals surface area (Å²) < 4.78 is 10.1. The Labute approximate surface area is 141 Å². The van der Waals surface area contributed by atoms with E-state index in [1.165, 1.54) is 0 Å². The average Bonchev–Trinajstić information content (AvgIpc) is 2.55. The average molecular weight is 330 g/mol. The zero-order valence-electron chi connectivity index (χ0n) is 14.1. The summed E-state index contributed by atoms with van der Waals surface area (Å²) in [6.45, 7) is 5.16. The molecule has 7 heteroatoms. The van der Waals surface area contributed by atoms with E-state index >= 15 is 0 Å². The van der Waals surface area contributed by atoms with Crippen LogP contribution in [0.25, 0.3) is 0 Å². The maximum Gasteiger partial charge on any atom is 0.340 e. The maximum absolute atomic E-state index is 12.0. The molecule has 0 amide bonds. The van der Waals surface area contributed by atoms with E-state index in [4.69, 9.17) is 9.47 Å². The summed E-state index contributed by atoms with van der Waals surface area (Å²) in [7, 11) is 1.64. The van der Waals surface area contributed by atoms with Gasteiger partial charge in [-0.05, 0) is 26.0 Å². The number of nitrogens with zero attached hydrogens (tertiary/aromatic N) is 2. The lowest BCUT2D eigenvalue weighted by Gasteiger charge is -2.12. The topological polar surface area (TPSA) is 85.4 Å². The van der Waals surface area contributed by atoms with Crippen LogP contribution in [-0.4, -0.2) is 42.8 Å². The highest BCUT2D eigenvalue weighted by molar-refractivity contribution is 5.96. The van der Waals surface area contributed by atoms with E-state index in [9.17, 15) is 4.79 Å². The molecule has 0 fully saturated rings. The first-order valence-electron chi connectivity index (χ1n) is 7.75. The Balaban J connectivity index is 2.20. The Morgan fingerprint density at radius 2 is 2.04 bits per heavy atom. The number of anilines is 3. The van der Waals surface area contributed by atoms with Crippen LogP contribution in [0.1, 0.15) is 23.0 Å². The Kier molecular flexibility index (Phi) is 6.51. The summed E-state index contributed by atoms with van der Waals surface area (Å²) in [5, 5.41) is 6.25. The van der Waals surface area contributed by atoms with Gasteiger partial charge in [0, 0.05) is 25.4 Å². The molecule has 0 aliphatic heterocycles. The highest BCUT2D eigenvalue weighted by atomic mass is 16.5. The normalized spacial score (nSPS) is 10.3. The van der Waals surface area contributed by atoms with Crippen molar-refractivity contribution in [3.05, 3.63) is 41.6 Å². The number of methoxy groups -OCH3 is 1. The molecule has 1 aromatic carbocycles. The summed E-state index contributed by atoms with van der Waals surface area (Å²) in [6.07, 6.45) is 0. The number of hydrogen-bond acceptors (Lipinski definition) is 7. The fraction of sp³-hybridized carbons (Fsp3) is 0.353. The number of rotatable bonds is 8. The van der Waals surface area contributed by atoms with Gasteiger partial charge in [0.2, 0.25) is 5.95 Å². The minimum atomic E-state index is -0.371. The predicted molar refractivity (Wildman–Crippen MR) is 92.8 cm³/mol. The maximum atomic E-state index is 12.0. The zero-order valence-corrected chi connectivity index (χ0v) is 14.1. The molecule has 2 N–H and O–H groups in total. The van der Waals surface area contributed by atoms with Crippen molar-refractivity contribution in [2.24, 2.45) is 0 Å². The third-order valence-corrected chi connectivity index (χ3v) is 3.13. The number of hydrogen-bond donors (Lipinski definition) is 2. The first kappa shape index (κ1) is 17.7. The zero-order chi connectivity index (χ0) is 17.4. The highest BCUT2D eigenvalue weighted by Gasteiger charge is 2.13. The molecule has 0 saturated heterocycles. The first-order valence-corrected chi connectivity index (χ1v) is 7.75. The van der Waals surface area contributed by atoms with Gasteiger partial charge in [0.15, 0.2) is 0 Å². The van der Waals surface area contributed by atoms with Gasteiger partial charge in [0.05, 0.1) is 24.5 Å². The SMILES string of the molecule is CCOC(=O)c1ccccc1Nc1cc(C)nc(NCCOC)n1. The van der Waals surface area contributed by atoms with Crippen LogP contribution in [0.4, 0.5) is 17.5 Å². The van der Waals surface area contributed by atoms with Crippen LogP contribution in [-0.2, 0) is 9.47 Å². The van der Waals surface area contributed by atoms with Crippen molar-refractivity contribution in [1.29, 1.82) is 0 Å². The molecular formula is C17H22N4O3. The number of aryl methyl sites for hydroxylation is 1. The van der Waals surface area contributed by atoms with Crippen molar-refractivity contribution >= 4 is 23.4 Å². The number of carbonyl (C=O) groups excluding carboxylic acids is 1. The van der Waals surface area contributed by atoms with Gasteiger partial charge < -0.3 is 20.1 Å². The Hall–Kier alpha value is -2.67. The molecule has 0 saturated carbocycles. The molecular weight excluding hydrogens is 308 g/mol. The van der Waals surface area contributed by atoms with Gasteiger partial charge in [-0.3, -0.25) is 0 Å². The van der Waals surface area contributed by atoms with Gasteiger partial charge in [-0.25, -0.2) is 9.78 Å². The molecule has 0 aliphatic rings. The van der Waals surface area contributed by atoms with Crippen LogP contribution in [0.2, 0.25) is 0 Å². The fourth-order valence-electron chi connectivity index (χ4n) is 2.09. The van der Waals surface area contributed by atoms with Crippen molar-refractivity contribution in [2.75, 3.05) is 37.5 Å². The molecule has 1 aromatic heterocycles. The monoisotopic (exact) mass is 330 g/mol. The molecule has 0 unspecified atom stereocenters. The van der Waals surface area contributed by atoms with Crippen molar-refractivity contribution < 1.29 is 14.3 Å². The molecule has 0 atom stereocenters. The van der Waals surface area contributed by atoms with E-state index in [0.29, 0.717) is 42.8 Å². The molecule has 1 heterocycles. The third kappa shape index (κ3) is 4.92. The van der Waals surface area contributed by atoms with E-state index in [0.717, 1.165) is 5.69 Å². The van der Waals surface area contributed by atoms with Crippen LogP contribution < -0.4 is 10.6 Å². The first-order chi connectivity index (χ1) is 11.6. The Bertz CT molecular complexity index is 691. The molecule has 128 valence electrons. The summed E-state index contributed by atoms with van der Waals surface area (Å²) in [5.74, 6) is 0.729. The highest BCUT2D eigenvalue weighted by Crippen LogP contribution is 2.21. The number of esters is 1. The molecule has 0 bridgehead atoms. The Morgan fingerprint density at radius 3 is 2.79 bits per heavy atom. The van der Waals surface area contributed by atoms with Crippen molar-refractivity contribution in [3.63, 3.8) is 0 Å². The predicted octanol–water partition coefficient (Wildman–Crippen LogP) is 2.76. The number of carbonyl (C=O) groups is 1. The number of para-hydroxylation sites is 1. The molecule has 0 aliphatic carbocycles. The van der Waals surface area contributed by atoms with Crippen LogP contribution >= 0.6 is 0 Å². The molecule has 7 nitrogen and oxygen atoms in total.